The lowest BCUT2D eigenvalue weighted by atomic mass is 9.99. The fourth-order valence-corrected chi connectivity index (χ4v) is 3.03. The Balaban J connectivity index is 2.00. The first-order valence-corrected chi connectivity index (χ1v) is 8.58. The van der Waals surface area contributed by atoms with Gasteiger partial charge in [0.05, 0.1) is 18.7 Å². The van der Waals surface area contributed by atoms with Crippen molar-refractivity contribution in [2.24, 2.45) is 5.41 Å². The fraction of sp³-hybridized carbons (Fsp3) is 0.467. The average molecular weight is 340 g/mol. The molecule has 1 aromatic rings. The van der Waals surface area contributed by atoms with Gasteiger partial charge in [-0.2, -0.15) is 12.7 Å². The molecule has 0 saturated carbocycles. The molecule has 0 spiro atoms. The van der Waals surface area contributed by atoms with Crippen molar-refractivity contribution in [1.82, 2.24) is 9.03 Å². The Bertz CT molecular complexity index is 704. The smallest absolute Gasteiger partial charge is 0.338 e. The normalized spacial score (nSPS) is 17.8. The van der Waals surface area contributed by atoms with Crippen LogP contribution in [0.5, 0.6) is 0 Å². The molecule has 0 bridgehead atoms. The van der Waals surface area contributed by atoms with Gasteiger partial charge in [0.1, 0.15) is 0 Å². The first kappa shape index (κ1) is 17.4. The number of nitrogens with one attached hydrogen (secondary N) is 1. The standard InChI is InChI=1S/C15H20N2O5S/c1-15(2,3)10-22-14(19)12-6-4-11(5-7-12)8-17-9-13(18)16-23(17,20)21/h4-7H,8-10H2,1-3H3,(H,16,18). The van der Waals surface area contributed by atoms with Crippen molar-refractivity contribution >= 4 is 22.1 Å². The molecule has 7 nitrogen and oxygen atoms in total. The number of carbonyl (C=O) groups is 2. The highest BCUT2D eigenvalue weighted by Crippen LogP contribution is 2.16. The highest BCUT2D eigenvalue weighted by molar-refractivity contribution is 7.88. The van der Waals surface area contributed by atoms with Gasteiger partial charge in [-0.05, 0) is 23.1 Å². The van der Waals surface area contributed by atoms with Crippen LogP contribution in [-0.2, 0) is 26.3 Å². The molecule has 126 valence electrons. The van der Waals surface area contributed by atoms with E-state index in [9.17, 15) is 18.0 Å². The van der Waals surface area contributed by atoms with Gasteiger partial charge in [-0.25, -0.2) is 9.52 Å². The lowest BCUT2D eigenvalue weighted by Gasteiger charge is -2.18. The number of hydrogen-bond donors (Lipinski definition) is 1. The number of benzene rings is 1. The van der Waals surface area contributed by atoms with Crippen molar-refractivity contribution in [2.75, 3.05) is 13.2 Å². The highest BCUT2D eigenvalue weighted by Gasteiger charge is 2.33. The van der Waals surface area contributed by atoms with Gasteiger partial charge in [0.2, 0.25) is 5.91 Å². The predicted molar refractivity (Wildman–Crippen MR) is 83.7 cm³/mol. The summed E-state index contributed by atoms with van der Waals surface area (Å²) < 4.78 is 31.5. The third-order valence-electron chi connectivity index (χ3n) is 3.09. The van der Waals surface area contributed by atoms with Crippen LogP contribution in [0.2, 0.25) is 0 Å². The van der Waals surface area contributed by atoms with E-state index >= 15 is 0 Å². The number of rotatable bonds is 4. The van der Waals surface area contributed by atoms with Crippen molar-refractivity contribution in [3.63, 3.8) is 0 Å². The molecule has 0 aliphatic carbocycles. The van der Waals surface area contributed by atoms with E-state index < -0.39 is 22.1 Å². The summed E-state index contributed by atoms with van der Waals surface area (Å²) in [7, 11) is -3.74. The molecular formula is C15H20N2O5S. The summed E-state index contributed by atoms with van der Waals surface area (Å²) in [5, 5.41) is 0. The summed E-state index contributed by atoms with van der Waals surface area (Å²) in [6.45, 7) is 6.09. The third-order valence-corrected chi connectivity index (χ3v) is 4.51. The maximum absolute atomic E-state index is 11.9. The predicted octanol–water partition coefficient (Wildman–Crippen LogP) is 1.07. The minimum atomic E-state index is -3.74. The second-order valence-electron chi connectivity index (χ2n) is 6.63. The number of nitrogens with zero attached hydrogens (tertiary/aromatic N) is 1. The Morgan fingerprint density at radius 1 is 1.26 bits per heavy atom. The highest BCUT2D eigenvalue weighted by atomic mass is 32.2. The van der Waals surface area contributed by atoms with Crippen LogP contribution in [0.3, 0.4) is 0 Å². The Labute approximate surface area is 135 Å². The van der Waals surface area contributed by atoms with Gasteiger partial charge in [-0.1, -0.05) is 32.9 Å². The number of hydrogen-bond acceptors (Lipinski definition) is 5. The van der Waals surface area contributed by atoms with Crippen LogP contribution in [0, 0.1) is 5.41 Å². The molecule has 1 aliphatic heterocycles. The number of amides is 1. The van der Waals surface area contributed by atoms with Crippen LogP contribution in [-0.4, -0.2) is 37.8 Å². The Morgan fingerprint density at radius 2 is 1.87 bits per heavy atom. The maximum atomic E-state index is 11.9. The van der Waals surface area contributed by atoms with Crippen LogP contribution in [0.1, 0.15) is 36.7 Å². The molecule has 1 aliphatic rings. The monoisotopic (exact) mass is 340 g/mol. The van der Waals surface area contributed by atoms with Crippen LogP contribution in [0.15, 0.2) is 24.3 Å². The van der Waals surface area contributed by atoms with Crippen molar-refractivity contribution in [3.05, 3.63) is 35.4 Å². The van der Waals surface area contributed by atoms with Crippen molar-refractivity contribution < 1.29 is 22.7 Å². The van der Waals surface area contributed by atoms with Gasteiger partial charge in [0.15, 0.2) is 0 Å². The molecule has 23 heavy (non-hydrogen) atoms. The molecule has 8 heteroatoms. The van der Waals surface area contributed by atoms with Gasteiger partial charge in [-0.3, -0.25) is 4.79 Å². The Kier molecular flexibility index (Phi) is 4.76. The number of ether oxygens (including phenoxy) is 1. The van der Waals surface area contributed by atoms with Crippen LogP contribution >= 0.6 is 0 Å². The summed E-state index contributed by atoms with van der Waals surface area (Å²) in [6, 6.07) is 6.45. The van der Waals surface area contributed by atoms with E-state index in [1.54, 1.807) is 24.3 Å². The van der Waals surface area contributed by atoms with E-state index in [0.29, 0.717) is 17.7 Å². The minimum absolute atomic E-state index is 0.0678. The maximum Gasteiger partial charge on any atom is 0.338 e. The molecule has 1 saturated heterocycles. The van der Waals surface area contributed by atoms with E-state index in [1.165, 1.54) is 0 Å². The van der Waals surface area contributed by atoms with Gasteiger partial charge in [-0.15, -0.1) is 0 Å². The van der Waals surface area contributed by atoms with E-state index in [2.05, 4.69) is 0 Å². The zero-order valence-electron chi connectivity index (χ0n) is 13.3. The third kappa shape index (κ3) is 4.77. The topological polar surface area (TPSA) is 92.8 Å². The quantitative estimate of drug-likeness (QED) is 0.828. The van der Waals surface area contributed by atoms with E-state index in [0.717, 1.165) is 4.31 Å². The zero-order chi connectivity index (χ0) is 17.3. The lowest BCUT2D eigenvalue weighted by molar-refractivity contribution is -0.118. The molecule has 1 amide bonds. The van der Waals surface area contributed by atoms with Crippen LogP contribution < -0.4 is 4.72 Å². The van der Waals surface area contributed by atoms with E-state index in [4.69, 9.17) is 4.74 Å². The van der Waals surface area contributed by atoms with Gasteiger partial charge >= 0.3 is 16.2 Å². The molecule has 1 N–H and O–H groups in total. The SMILES string of the molecule is CC(C)(C)COC(=O)c1ccc(CN2CC(=O)NS2(=O)=O)cc1. The molecular weight excluding hydrogens is 320 g/mol. The first-order valence-electron chi connectivity index (χ1n) is 7.14. The molecule has 0 atom stereocenters. The first-order chi connectivity index (χ1) is 10.6. The van der Waals surface area contributed by atoms with Crippen molar-refractivity contribution in [3.8, 4) is 0 Å². The number of carbonyl (C=O) groups excluding carboxylic acids is 2. The minimum Gasteiger partial charge on any atom is -0.462 e. The number of esters is 1. The van der Waals surface area contributed by atoms with Crippen LogP contribution in [0.25, 0.3) is 0 Å². The van der Waals surface area contributed by atoms with Gasteiger partial charge < -0.3 is 4.74 Å². The van der Waals surface area contributed by atoms with Crippen LogP contribution in [0.4, 0.5) is 0 Å². The van der Waals surface area contributed by atoms with E-state index in [1.807, 2.05) is 25.5 Å². The molecule has 1 aromatic carbocycles. The van der Waals surface area contributed by atoms with Gasteiger partial charge in [0.25, 0.3) is 0 Å². The average Bonchev–Trinajstić information content (AvgIpc) is 2.68. The van der Waals surface area contributed by atoms with Crippen molar-refractivity contribution in [2.45, 2.75) is 27.3 Å². The van der Waals surface area contributed by atoms with Gasteiger partial charge in [0, 0.05) is 6.54 Å². The Hall–Kier alpha value is -1.93. The summed E-state index contributed by atoms with van der Waals surface area (Å²) in [5.41, 5.74) is 0.966. The molecule has 0 unspecified atom stereocenters. The summed E-state index contributed by atoms with van der Waals surface area (Å²) in [4.78, 5) is 23.1. The summed E-state index contributed by atoms with van der Waals surface area (Å²) in [6.07, 6.45) is 0. The van der Waals surface area contributed by atoms with Crippen molar-refractivity contribution in [1.29, 1.82) is 0 Å². The molecule has 2 rings (SSSR count). The largest absolute Gasteiger partial charge is 0.462 e. The lowest BCUT2D eigenvalue weighted by Crippen LogP contribution is -2.29. The fourth-order valence-electron chi connectivity index (χ4n) is 1.94. The second kappa shape index (κ2) is 6.29. The summed E-state index contributed by atoms with van der Waals surface area (Å²) in [5.74, 6) is -0.968. The second-order valence-corrected chi connectivity index (χ2v) is 8.30. The summed E-state index contributed by atoms with van der Waals surface area (Å²) >= 11 is 0. The molecule has 0 aromatic heterocycles. The zero-order valence-corrected chi connectivity index (χ0v) is 14.1. The Morgan fingerprint density at radius 3 is 2.35 bits per heavy atom. The molecule has 1 fully saturated rings. The molecule has 1 heterocycles. The molecule has 0 radical (unpaired) electrons. The van der Waals surface area contributed by atoms with E-state index in [-0.39, 0.29) is 18.5 Å².